The summed E-state index contributed by atoms with van der Waals surface area (Å²) in [5, 5.41) is 0. The van der Waals surface area contributed by atoms with Gasteiger partial charge in [-0.05, 0) is 24.3 Å². The van der Waals surface area contributed by atoms with Crippen molar-refractivity contribution in [2.24, 2.45) is 17.1 Å². The third kappa shape index (κ3) is 2.99. The molecule has 1 aliphatic heterocycles. The number of carbonyl (C=O) groups excluding carboxylic acids is 1. The van der Waals surface area contributed by atoms with E-state index in [1.165, 1.54) is 6.42 Å². The zero-order chi connectivity index (χ0) is 10.1. The van der Waals surface area contributed by atoms with Crippen molar-refractivity contribution in [2.45, 2.75) is 27.2 Å². The van der Waals surface area contributed by atoms with Crippen LogP contribution in [0.1, 0.15) is 27.2 Å². The van der Waals surface area contributed by atoms with Gasteiger partial charge in [0.05, 0.1) is 6.54 Å². The molecule has 1 unspecified atom stereocenters. The van der Waals surface area contributed by atoms with Crippen LogP contribution in [0.3, 0.4) is 0 Å². The van der Waals surface area contributed by atoms with Gasteiger partial charge in [-0.1, -0.05) is 20.8 Å². The SMILES string of the molecule is CC(C)(C)C1CCN(CC(N)=O)C1. The van der Waals surface area contributed by atoms with Crippen LogP contribution in [0.25, 0.3) is 0 Å². The Labute approximate surface area is 80.3 Å². The number of hydrogen-bond donors (Lipinski definition) is 1. The molecule has 1 atom stereocenters. The number of nitrogens with two attached hydrogens (primary N) is 1. The molecule has 1 amide bonds. The van der Waals surface area contributed by atoms with Crippen molar-refractivity contribution in [3.63, 3.8) is 0 Å². The van der Waals surface area contributed by atoms with Crippen LogP contribution in [-0.2, 0) is 4.79 Å². The van der Waals surface area contributed by atoms with Crippen molar-refractivity contribution < 1.29 is 4.79 Å². The van der Waals surface area contributed by atoms with Gasteiger partial charge in [-0.2, -0.15) is 0 Å². The highest BCUT2D eigenvalue weighted by molar-refractivity contribution is 5.75. The highest BCUT2D eigenvalue weighted by Gasteiger charge is 2.31. The van der Waals surface area contributed by atoms with Gasteiger partial charge in [0, 0.05) is 6.54 Å². The fraction of sp³-hybridized carbons (Fsp3) is 0.900. The monoisotopic (exact) mass is 184 g/mol. The molecule has 1 saturated heterocycles. The Hall–Kier alpha value is -0.570. The molecule has 0 aromatic carbocycles. The number of likely N-dealkylation sites (tertiary alicyclic amines) is 1. The van der Waals surface area contributed by atoms with Gasteiger partial charge in [0.2, 0.25) is 5.91 Å². The molecule has 1 heterocycles. The van der Waals surface area contributed by atoms with Crippen molar-refractivity contribution in [3.8, 4) is 0 Å². The number of primary amides is 1. The van der Waals surface area contributed by atoms with Crippen LogP contribution >= 0.6 is 0 Å². The Balaban J connectivity index is 2.41. The van der Waals surface area contributed by atoms with Crippen molar-refractivity contribution in [3.05, 3.63) is 0 Å². The maximum Gasteiger partial charge on any atom is 0.231 e. The van der Waals surface area contributed by atoms with E-state index in [0.29, 0.717) is 17.9 Å². The molecule has 13 heavy (non-hydrogen) atoms. The number of carbonyl (C=O) groups is 1. The summed E-state index contributed by atoms with van der Waals surface area (Å²) in [7, 11) is 0. The fourth-order valence-corrected chi connectivity index (χ4v) is 1.90. The van der Waals surface area contributed by atoms with E-state index < -0.39 is 0 Å². The smallest absolute Gasteiger partial charge is 0.231 e. The van der Waals surface area contributed by atoms with E-state index in [1.54, 1.807) is 0 Å². The van der Waals surface area contributed by atoms with E-state index in [-0.39, 0.29) is 5.91 Å². The number of rotatable bonds is 2. The minimum Gasteiger partial charge on any atom is -0.369 e. The highest BCUT2D eigenvalue weighted by Crippen LogP contribution is 2.33. The number of hydrogen-bond acceptors (Lipinski definition) is 2. The van der Waals surface area contributed by atoms with Gasteiger partial charge < -0.3 is 5.73 Å². The maximum absolute atomic E-state index is 10.7. The standard InChI is InChI=1S/C10H20N2O/c1-10(2,3)8-4-5-12(6-8)7-9(11)13/h8H,4-7H2,1-3H3,(H2,11,13). The largest absolute Gasteiger partial charge is 0.369 e. The summed E-state index contributed by atoms with van der Waals surface area (Å²) in [6.07, 6.45) is 1.19. The molecule has 0 aliphatic carbocycles. The number of amides is 1. The highest BCUT2D eigenvalue weighted by atomic mass is 16.1. The van der Waals surface area contributed by atoms with Crippen molar-refractivity contribution >= 4 is 5.91 Å². The lowest BCUT2D eigenvalue weighted by Crippen LogP contribution is -2.33. The molecular weight excluding hydrogens is 164 g/mol. The summed E-state index contributed by atoms with van der Waals surface area (Å²) in [5.41, 5.74) is 5.50. The Morgan fingerprint density at radius 3 is 2.54 bits per heavy atom. The van der Waals surface area contributed by atoms with E-state index in [1.807, 2.05) is 0 Å². The van der Waals surface area contributed by atoms with Gasteiger partial charge in [0.15, 0.2) is 0 Å². The molecule has 0 radical (unpaired) electrons. The van der Waals surface area contributed by atoms with Gasteiger partial charge >= 0.3 is 0 Å². The quantitative estimate of drug-likeness (QED) is 0.691. The summed E-state index contributed by atoms with van der Waals surface area (Å²) < 4.78 is 0. The lowest BCUT2D eigenvalue weighted by Gasteiger charge is -2.26. The fourth-order valence-electron chi connectivity index (χ4n) is 1.90. The maximum atomic E-state index is 10.7. The van der Waals surface area contributed by atoms with E-state index in [2.05, 4.69) is 25.7 Å². The van der Waals surface area contributed by atoms with E-state index in [4.69, 9.17) is 5.73 Å². The summed E-state index contributed by atoms with van der Waals surface area (Å²) >= 11 is 0. The van der Waals surface area contributed by atoms with Crippen molar-refractivity contribution in [1.29, 1.82) is 0 Å². The Morgan fingerprint density at radius 2 is 2.15 bits per heavy atom. The van der Waals surface area contributed by atoms with Gasteiger partial charge in [-0.15, -0.1) is 0 Å². The van der Waals surface area contributed by atoms with Gasteiger partial charge in [0.1, 0.15) is 0 Å². The van der Waals surface area contributed by atoms with Gasteiger partial charge in [-0.3, -0.25) is 9.69 Å². The van der Waals surface area contributed by atoms with E-state index in [0.717, 1.165) is 13.1 Å². The summed E-state index contributed by atoms with van der Waals surface area (Å²) in [4.78, 5) is 12.8. The molecule has 3 nitrogen and oxygen atoms in total. The molecule has 1 aliphatic rings. The summed E-state index contributed by atoms with van der Waals surface area (Å²) in [6.45, 7) is 9.23. The van der Waals surface area contributed by atoms with Gasteiger partial charge in [0.25, 0.3) is 0 Å². The first kappa shape index (κ1) is 10.5. The normalized spacial score (nSPS) is 25.0. The minimum atomic E-state index is -0.213. The molecule has 0 spiro atoms. The molecule has 1 rings (SSSR count). The Kier molecular flexibility index (Phi) is 2.96. The second-order valence-electron chi connectivity index (χ2n) is 5.05. The molecule has 0 aromatic rings. The van der Waals surface area contributed by atoms with Gasteiger partial charge in [-0.25, -0.2) is 0 Å². The third-order valence-corrected chi connectivity index (χ3v) is 2.88. The Morgan fingerprint density at radius 1 is 1.54 bits per heavy atom. The molecule has 0 aromatic heterocycles. The molecule has 3 heteroatoms. The van der Waals surface area contributed by atoms with Crippen LogP contribution in [0, 0.1) is 11.3 Å². The first-order valence-corrected chi connectivity index (χ1v) is 4.90. The molecule has 76 valence electrons. The van der Waals surface area contributed by atoms with Crippen molar-refractivity contribution in [2.75, 3.05) is 19.6 Å². The van der Waals surface area contributed by atoms with Crippen LogP contribution in [0.5, 0.6) is 0 Å². The van der Waals surface area contributed by atoms with E-state index in [9.17, 15) is 4.79 Å². The first-order valence-electron chi connectivity index (χ1n) is 4.90. The van der Waals surface area contributed by atoms with E-state index >= 15 is 0 Å². The second kappa shape index (κ2) is 3.66. The summed E-state index contributed by atoms with van der Waals surface area (Å²) in [5.74, 6) is 0.487. The van der Waals surface area contributed by atoms with Crippen molar-refractivity contribution in [1.82, 2.24) is 4.90 Å². The zero-order valence-electron chi connectivity index (χ0n) is 8.84. The average molecular weight is 184 g/mol. The minimum absolute atomic E-state index is 0.213. The topological polar surface area (TPSA) is 46.3 Å². The first-order chi connectivity index (χ1) is 5.89. The lowest BCUT2D eigenvalue weighted by atomic mass is 9.80. The molecule has 1 fully saturated rings. The number of nitrogens with zero attached hydrogens (tertiary/aromatic N) is 1. The predicted octanol–water partition coefficient (Wildman–Crippen LogP) is 0.840. The molecule has 0 bridgehead atoms. The lowest BCUT2D eigenvalue weighted by molar-refractivity contribution is -0.119. The predicted molar refractivity (Wildman–Crippen MR) is 53.2 cm³/mol. The third-order valence-electron chi connectivity index (χ3n) is 2.88. The van der Waals surface area contributed by atoms with Crippen LogP contribution in [0.2, 0.25) is 0 Å². The Bertz CT molecular complexity index is 196. The van der Waals surface area contributed by atoms with Crippen LogP contribution < -0.4 is 5.73 Å². The second-order valence-corrected chi connectivity index (χ2v) is 5.05. The van der Waals surface area contributed by atoms with Crippen LogP contribution in [-0.4, -0.2) is 30.4 Å². The summed E-state index contributed by atoms with van der Waals surface area (Å²) in [6, 6.07) is 0. The molecule has 0 saturated carbocycles. The average Bonchev–Trinajstić information content (AvgIpc) is 2.32. The van der Waals surface area contributed by atoms with Crippen LogP contribution in [0.4, 0.5) is 0 Å². The molecular formula is C10H20N2O. The van der Waals surface area contributed by atoms with Crippen LogP contribution in [0.15, 0.2) is 0 Å². The molecule has 2 N–H and O–H groups in total. The zero-order valence-corrected chi connectivity index (χ0v) is 8.84.